The Morgan fingerprint density at radius 1 is 1.47 bits per heavy atom. The normalized spacial score (nSPS) is 22.5. The molecule has 0 aromatic rings. The summed E-state index contributed by atoms with van der Waals surface area (Å²) in [6.45, 7) is 12.3. The molecule has 98 valence electrons. The third-order valence-electron chi connectivity index (χ3n) is 3.67. The molecule has 1 aliphatic rings. The Balaban J connectivity index is 2.61. The van der Waals surface area contributed by atoms with Crippen molar-refractivity contribution in [2.24, 2.45) is 11.3 Å². The van der Waals surface area contributed by atoms with E-state index in [1.807, 2.05) is 4.90 Å². The molecule has 0 aromatic heterocycles. The topological polar surface area (TPSA) is 20.3 Å². The van der Waals surface area contributed by atoms with Crippen molar-refractivity contribution in [1.29, 1.82) is 0 Å². The summed E-state index contributed by atoms with van der Waals surface area (Å²) in [5.74, 6) is 1.58. The third kappa shape index (κ3) is 4.38. The highest BCUT2D eigenvalue weighted by atomic mass is 32.1. The van der Waals surface area contributed by atoms with Crippen LogP contribution in [-0.4, -0.2) is 29.6 Å². The van der Waals surface area contributed by atoms with Crippen LogP contribution in [0.4, 0.5) is 0 Å². The van der Waals surface area contributed by atoms with Crippen LogP contribution in [0.1, 0.15) is 40.0 Å². The Labute approximate surface area is 111 Å². The van der Waals surface area contributed by atoms with Gasteiger partial charge in [-0.2, -0.15) is 12.6 Å². The Morgan fingerprint density at radius 2 is 2.12 bits per heavy atom. The smallest absolute Gasteiger partial charge is 0.222 e. The summed E-state index contributed by atoms with van der Waals surface area (Å²) in [6.07, 6.45) is 2.81. The second-order valence-electron chi connectivity index (χ2n) is 6.11. The molecule has 17 heavy (non-hydrogen) atoms. The van der Waals surface area contributed by atoms with E-state index in [-0.39, 0.29) is 5.91 Å². The molecule has 1 fully saturated rings. The largest absolute Gasteiger partial charge is 0.339 e. The Morgan fingerprint density at radius 3 is 2.65 bits per heavy atom. The van der Waals surface area contributed by atoms with Crippen molar-refractivity contribution < 1.29 is 4.79 Å². The van der Waals surface area contributed by atoms with Crippen molar-refractivity contribution in [1.82, 2.24) is 4.90 Å². The van der Waals surface area contributed by atoms with Gasteiger partial charge in [-0.25, -0.2) is 0 Å². The number of nitrogens with zero attached hydrogens (tertiary/aromatic N) is 1. The first-order valence-corrected chi connectivity index (χ1v) is 7.03. The van der Waals surface area contributed by atoms with E-state index in [1.165, 1.54) is 0 Å². The zero-order chi connectivity index (χ0) is 13.1. The quantitative estimate of drug-likeness (QED) is 0.607. The lowest BCUT2D eigenvalue weighted by atomic mass is 9.77. The van der Waals surface area contributed by atoms with Crippen LogP contribution in [0.15, 0.2) is 12.2 Å². The van der Waals surface area contributed by atoms with E-state index in [2.05, 4.69) is 40.0 Å². The number of carbonyl (C=O) groups is 1. The maximum absolute atomic E-state index is 12.0. The molecule has 0 radical (unpaired) electrons. The minimum absolute atomic E-state index is 0.277. The van der Waals surface area contributed by atoms with E-state index in [9.17, 15) is 4.79 Å². The molecule has 1 unspecified atom stereocenters. The van der Waals surface area contributed by atoms with Crippen LogP contribution >= 0.6 is 12.6 Å². The summed E-state index contributed by atoms with van der Waals surface area (Å²) in [4.78, 5) is 13.9. The number of hydrogen-bond donors (Lipinski definition) is 1. The van der Waals surface area contributed by atoms with Crippen molar-refractivity contribution in [3.05, 3.63) is 12.2 Å². The van der Waals surface area contributed by atoms with Crippen LogP contribution in [0.5, 0.6) is 0 Å². The fraction of sp³-hybridized carbons (Fsp3) is 0.786. The average Bonchev–Trinajstić information content (AvgIpc) is 2.41. The fourth-order valence-electron chi connectivity index (χ4n) is 2.39. The lowest BCUT2D eigenvalue weighted by Crippen LogP contribution is -2.32. The van der Waals surface area contributed by atoms with Gasteiger partial charge < -0.3 is 4.90 Å². The average molecular weight is 255 g/mol. The highest BCUT2D eigenvalue weighted by Crippen LogP contribution is 2.34. The lowest BCUT2D eigenvalue weighted by Gasteiger charge is -2.29. The molecule has 1 rings (SSSR count). The molecule has 0 aliphatic carbocycles. The molecular formula is C14H25NOS. The van der Waals surface area contributed by atoms with Gasteiger partial charge in [-0.3, -0.25) is 4.79 Å². The van der Waals surface area contributed by atoms with E-state index in [0.29, 0.717) is 30.1 Å². The van der Waals surface area contributed by atoms with Gasteiger partial charge in [0.2, 0.25) is 5.91 Å². The Bertz CT molecular complexity index is 293. The van der Waals surface area contributed by atoms with Crippen molar-refractivity contribution in [3.63, 3.8) is 0 Å². The van der Waals surface area contributed by atoms with Crippen molar-refractivity contribution in [3.8, 4) is 0 Å². The minimum atomic E-state index is 0.277. The molecule has 1 saturated heterocycles. The second-order valence-corrected chi connectivity index (χ2v) is 6.43. The van der Waals surface area contributed by atoms with Gasteiger partial charge in [0.25, 0.3) is 0 Å². The van der Waals surface area contributed by atoms with Gasteiger partial charge in [-0.15, -0.1) is 0 Å². The van der Waals surface area contributed by atoms with Gasteiger partial charge in [0.05, 0.1) is 0 Å². The van der Waals surface area contributed by atoms with Crippen LogP contribution < -0.4 is 0 Å². The van der Waals surface area contributed by atoms with Crippen LogP contribution in [0, 0.1) is 11.3 Å². The molecule has 0 saturated carbocycles. The number of likely N-dealkylation sites (tertiary alicyclic amines) is 1. The molecule has 0 aromatic carbocycles. The molecule has 2 nitrogen and oxygen atoms in total. The number of rotatable bonds is 3. The van der Waals surface area contributed by atoms with Crippen molar-refractivity contribution in [2.75, 3.05) is 18.8 Å². The van der Waals surface area contributed by atoms with E-state index < -0.39 is 0 Å². The van der Waals surface area contributed by atoms with Crippen LogP contribution in [-0.2, 0) is 4.79 Å². The standard InChI is InChI=1S/C14H25NOS/c1-11(10-17)9-15-8-7-12(14(2,3)4)5-6-13(15)16/h12,17H,1,5-10H2,2-4H3. The Kier molecular flexibility index (Phi) is 5.11. The maximum Gasteiger partial charge on any atom is 0.222 e. The molecule has 3 heteroatoms. The zero-order valence-electron chi connectivity index (χ0n) is 11.3. The van der Waals surface area contributed by atoms with Gasteiger partial charge >= 0.3 is 0 Å². The van der Waals surface area contributed by atoms with Gasteiger partial charge in [0, 0.05) is 25.3 Å². The summed E-state index contributed by atoms with van der Waals surface area (Å²) in [6, 6.07) is 0. The van der Waals surface area contributed by atoms with E-state index in [1.54, 1.807) is 0 Å². The van der Waals surface area contributed by atoms with Crippen LogP contribution in [0.3, 0.4) is 0 Å². The summed E-state index contributed by atoms with van der Waals surface area (Å²) in [5.41, 5.74) is 1.33. The first kappa shape index (κ1) is 14.6. The SMILES string of the molecule is C=C(CS)CN1CCC(C(C)(C)C)CCC1=O. The number of thiol groups is 1. The van der Waals surface area contributed by atoms with Crippen LogP contribution in [0.2, 0.25) is 0 Å². The van der Waals surface area contributed by atoms with Crippen molar-refractivity contribution in [2.45, 2.75) is 40.0 Å². The molecular weight excluding hydrogens is 230 g/mol. The maximum atomic E-state index is 12.0. The van der Waals surface area contributed by atoms with Gasteiger partial charge in [-0.1, -0.05) is 27.4 Å². The summed E-state index contributed by atoms with van der Waals surface area (Å²) in [5, 5.41) is 0. The molecule has 1 atom stereocenters. The summed E-state index contributed by atoms with van der Waals surface area (Å²) in [7, 11) is 0. The number of hydrogen-bond acceptors (Lipinski definition) is 2. The monoisotopic (exact) mass is 255 g/mol. The summed E-state index contributed by atoms with van der Waals surface area (Å²) >= 11 is 4.20. The highest BCUT2D eigenvalue weighted by molar-refractivity contribution is 7.80. The molecule has 0 bridgehead atoms. The van der Waals surface area contributed by atoms with Crippen LogP contribution in [0.25, 0.3) is 0 Å². The highest BCUT2D eigenvalue weighted by Gasteiger charge is 2.29. The third-order valence-corrected chi connectivity index (χ3v) is 4.12. The zero-order valence-corrected chi connectivity index (χ0v) is 12.2. The number of amides is 1. The van der Waals surface area contributed by atoms with E-state index >= 15 is 0 Å². The number of carbonyl (C=O) groups excluding carboxylic acids is 1. The van der Waals surface area contributed by atoms with E-state index in [4.69, 9.17) is 0 Å². The molecule has 0 N–H and O–H groups in total. The van der Waals surface area contributed by atoms with Gasteiger partial charge in [-0.05, 0) is 29.7 Å². The second kappa shape index (κ2) is 5.94. The lowest BCUT2D eigenvalue weighted by molar-refractivity contribution is -0.130. The molecule has 1 aliphatic heterocycles. The Hall–Kier alpha value is -0.440. The molecule has 0 spiro atoms. The van der Waals surface area contributed by atoms with Gasteiger partial charge in [0.1, 0.15) is 0 Å². The molecule has 1 amide bonds. The summed E-state index contributed by atoms with van der Waals surface area (Å²) < 4.78 is 0. The first-order valence-electron chi connectivity index (χ1n) is 6.40. The minimum Gasteiger partial charge on any atom is -0.339 e. The first-order chi connectivity index (χ1) is 7.84. The van der Waals surface area contributed by atoms with Crippen molar-refractivity contribution >= 4 is 18.5 Å². The van der Waals surface area contributed by atoms with Gasteiger partial charge in [0.15, 0.2) is 0 Å². The predicted octanol–water partition coefficient (Wildman–Crippen LogP) is 3.15. The fourth-order valence-corrected chi connectivity index (χ4v) is 2.49. The molecule has 1 heterocycles. The van der Waals surface area contributed by atoms with E-state index in [0.717, 1.165) is 25.0 Å². The predicted molar refractivity (Wildman–Crippen MR) is 76.4 cm³/mol.